The average molecular weight is 254 g/mol. The minimum Gasteiger partial charge on any atom is -0.458 e. The summed E-state index contributed by atoms with van der Waals surface area (Å²) < 4.78 is 5.10. The standard InChI is InChI=1S/C15H14N2O2/c16-14-8-6-12(10-17-14)7-9-15(18)19-11-13-4-2-1-3-5-13/h1-10H,11H2,(H2,16,17). The quantitative estimate of drug-likeness (QED) is 0.672. The summed E-state index contributed by atoms with van der Waals surface area (Å²) in [6, 6.07) is 13.0. The van der Waals surface area contributed by atoms with Gasteiger partial charge in [0, 0.05) is 12.3 Å². The van der Waals surface area contributed by atoms with Gasteiger partial charge in [-0.05, 0) is 29.3 Å². The Balaban J connectivity index is 1.86. The molecule has 1 heterocycles. The van der Waals surface area contributed by atoms with Gasteiger partial charge in [0.25, 0.3) is 0 Å². The molecule has 0 amide bonds. The number of pyridine rings is 1. The van der Waals surface area contributed by atoms with Crippen LogP contribution in [0, 0.1) is 0 Å². The van der Waals surface area contributed by atoms with Gasteiger partial charge in [0.05, 0.1) is 0 Å². The van der Waals surface area contributed by atoms with Crippen LogP contribution in [-0.4, -0.2) is 11.0 Å². The van der Waals surface area contributed by atoms with Crippen molar-refractivity contribution in [3.05, 3.63) is 65.9 Å². The second-order valence-electron chi connectivity index (χ2n) is 3.94. The molecule has 4 nitrogen and oxygen atoms in total. The molecule has 1 aromatic carbocycles. The average Bonchev–Trinajstić information content (AvgIpc) is 2.45. The van der Waals surface area contributed by atoms with E-state index >= 15 is 0 Å². The molecule has 2 aromatic rings. The van der Waals surface area contributed by atoms with Crippen molar-refractivity contribution >= 4 is 17.9 Å². The van der Waals surface area contributed by atoms with E-state index in [-0.39, 0.29) is 12.6 Å². The molecular weight excluding hydrogens is 240 g/mol. The first kappa shape index (κ1) is 12.8. The van der Waals surface area contributed by atoms with E-state index in [1.165, 1.54) is 6.08 Å². The molecule has 0 aliphatic heterocycles. The molecule has 0 aliphatic carbocycles. The van der Waals surface area contributed by atoms with E-state index in [1.807, 2.05) is 30.3 Å². The number of aromatic nitrogens is 1. The Morgan fingerprint density at radius 2 is 2.00 bits per heavy atom. The molecule has 0 radical (unpaired) electrons. The minimum absolute atomic E-state index is 0.268. The normalized spacial score (nSPS) is 10.5. The number of benzene rings is 1. The predicted octanol–water partition coefficient (Wildman–Crippen LogP) is 2.42. The van der Waals surface area contributed by atoms with Gasteiger partial charge in [-0.25, -0.2) is 9.78 Å². The highest BCUT2D eigenvalue weighted by Crippen LogP contribution is 2.04. The highest BCUT2D eigenvalue weighted by atomic mass is 16.5. The van der Waals surface area contributed by atoms with Crippen LogP contribution < -0.4 is 5.73 Å². The number of carbonyl (C=O) groups excluding carboxylic acids is 1. The third kappa shape index (κ3) is 4.27. The maximum atomic E-state index is 11.5. The monoisotopic (exact) mass is 254 g/mol. The molecule has 0 saturated carbocycles. The zero-order valence-electron chi connectivity index (χ0n) is 10.3. The highest BCUT2D eigenvalue weighted by Gasteiger charge is 1.98. The molecular formula is C15H14N2O2. The number of esters is 1. The summed E-state index contributed by atoms with van der Waals surface area (Å²) in [6.45, 7) is 0.268. The van der Waals surface area contributed by atoms with Gasteiger partial charge in [0.15, 0.2) is 0 Å². The third-order valence-electron chi connectivity index (χ3n) is 2.45. The van der Waals surface area contributed by atoms with Crippen LogP contribution in [0.5, 0.6) is 0 Å². The fourth-order valence-corrected chi connectivity index (χ4v) is 1.46. The predicted molar refractivity (Wildman–Crippen MR) is 73.9 cm³/mol. The summed E-state index contributed by atoms with van der Waals surface area (Å²) in [4.78, 5) is 15.4. The Labute approximate surface area is 111 Å². The van der Waals surface area contributed by atoms with Gasteiger partial charge in [-0.15, -0.1) is 0 Å². The number of ether oxygens (including phenoxy) is 1. The number of nitrogens with two attached hydrogens (primary N) is 1. The van der Waals surface area contributed by atoms with E-state index in [9.17, 15) is 4.79 Å². The lowest BCUT2D eigenvalue weighted by molar-refractivity contribution is -0.138. The number of carbonyl (C=O) groups is 1. The van der Waals surface area contributed by atoms with Gasteiger partial charge in [0.1, 0.15) is 12.4 Å². The van der Waals surface area contributed by atoms with Crippen molar-refractivity contribution < 1.29 is 9.53 Å². The summed E-state index contributed by atoms with van der Waals surface area (Å²) in [6.07, 6.45) is 4.60. The Bertz CT molecular complexity index is 562. The Morgan fingerprint density at radius 1 is 1.21 bits per heavy atom. The maximum Gasteiger partial charge on any atom is 0.331 e. The second kappa shape index (κ2) is 6.35. The molecule has 0 saturated heterocycles. The van der Waals surface area contributed by atoms with Crippen LogP contribution in [0.25, 0.3) is 6.08 Å². The summed E-state index contributed by atoms with van der Waals surface area (Å²) in [5, 5.41) is 0. The van der Waals surface area contributed by atoms with Gasteiger partial charge in [-0.2, -0.15) is 0 Å². The van der Waals surface area contributed by atoms with E-state index in [0.29, 0.717) is 5.82 Å². The molecule has 19 heavy (non-hydrogen) atoms. The van der Waals surface area contributed by atoms with Crippen LogP contribution in [0.4, 0.5) is 5.82 Å². The number of nitrogens with zero attached hydrogens (tertiary/aromatic N) is 1. The van der Waals surface area contributed by atoms with Gasteiger partial charge in [-0.1, -0.05) is 30.3 Å². The minimum atomic E-state index is -0.388. The molecule has 0 fully saturated rings. The summed E-state index contributed by atoms with van der Waals surface area (Å²) in [7, 11) is 0. The van der Waals surface area contributed by atoms with E-state index < -0.39 is 0 Å². The molecule has 2 N–H and O–H groups in total. The Hall–Kier alpha value is -2.62. The van der Waals surface area contributed by atoms with E-state index in [4.69, 9.17) is 10.5 Å². The number of hydrogen-bond donors (Lipinski definition) is 1. The molecule has 96 valence electrons. The van der Waals surface area contributed by atoms with Crippen LogP contribution in [-0.2, 0) is 16.1 Å². The lowest BCUT2D eigenvalue weighted by Gasteiger charge is -2.01. The topological polar surface area (TPSA) is 65.2 Å². The number of anilines is 1. The van der Waals surface area contributed by atoms with E-state index in [1.54, 1.807) is 24.4 Å². The second-order valence-corrected chi connectivity index (χ2v) is 3.94. The zero-order valence-corrected chi connectivity index (χ0v) is 10.3. The van der Waals surface area contributed by atoms with Crippen LogP contribution in [0.2, 0.25) is 0 Å². The number of nitrogen functional groups attached to an aromatic ring is 1. The number of rotatable bonds is 4. The first-order valence-corrected chi connectivity index (χ1v) is 5.84. The summed E-state index contributed by atoms with van der Waals surface area (Å²) in [5.74, 6) is 0.0597. The fraction of sp³-hybridized carbons (Fsp3) is 0.0667. The van der Waals surface area contributed by atoms with Crippen molar-refractivity contribution in [3.8, 4) is 0 Å². The Kier molecular flexibility index (Phi) is 4.29. The van der Waals surface area contributed by atoms with Gasteiger partial charge in [-0.3, -0.25) is 0 Å². The molecule has 0 unspecified atom stereocenters. The van der Waals surface area contributed by atoms with Crippen molar-refractivity contribution in [2.75, 3.05) is 5.73 Å². The molecule has 4 heteroatoms. The Morgan fingerprint density at radius 3 is 2.68 bits per heavy atom. The van der Waals surface area contributed by atoms with Crippen molar-refractivity contribution in [3.63, 3.8) is 0 Å². The molecule has 0 atom stereocenters. The lowest BCUT2D eigenvalue weighted by Crippen LogP contribution is -2.00. The van der Waals surface area contributed by atoms with Crippen molar-refractivity contribution in [2.24, 2.45) is 0 Å². The van der Waals surface area contributed by atoms with Gasteiger partial charge < -0.3 is 10.5 Å². The van der Waals surface area contributed by atoms with Crippen LogP contribution in [0.1, 0.15) is 11.1 Å². The molecule has 2 rings (SSSR count). The highest BCUT2D eigenvalue weighted by molar-refractivity contribution is 5.86. The smallest absolute Gasteiger partial charge is 0.331 e. The van der Waals surface area contributed by atoms with Crippen molar-refractivity contribution in [2.45, 2.75) is 6.61 Å². The molecule has 1 aromatic heterocycles. The molecule has 0 aliphatic rings. The maximum absolute atomic E-state index is 11.5. The van der Waals surface area contributed by atoms with Crippen LogP contribution in [0.3, 0.4) is 0 Å². The molecule has 0 spiro atoms. The fourth-order valence-electron chi connectivity index (χ4n) is 1.46. The van der Waals surface area contributed by atoms with Crippen LogP contribution in [0.15, 0.2) is 54.7 Å². The van der Waals surface area contributed by atoms with Crippen LogP contribution >= 0.6 is 0 Å². The van der Waals surface area contributed by atoms with Crippen molar-refractivity contribution in [1.29, 1.82) is 0 Å². The van der Waals surface area contributed by atoms with E-state index in [2.05, 4.69) is 4.98 Å². The SMILES string of the molecule is Nc1ccc(C=CC(=O)OCc2ccccc2)cn1. The van der Waals surface area contributed by atoms with Gasteiger partial charge in [0.2, 0.25) is 0 Å². The summed E-state index contributed by atoms with van der Waals surface area (Å²) in [5.41, 5.74) is 7.22. The summed E-state index contributed by atoms with van der Waals surface area (Å²) >= 11 is 0. The first-order chi connectivity index (χ1) is 9.24. The largest absolute Gasteiger partial charge is 0.458 e. The lowest BCUT2D eigenvalue weighted by atomic mass is 10.2. The van der Waals surface area contributed by atoms with Crippen molar-refractivity contribution in [1.82, 2.24) is 4.98 Å². The number of hydrogen-bond acceptors (Lipinski definition) is 4. The first-order valence-electron chi connectivity index (χ1n) is 5.84. The zero-order chi connectivity index (χ0) is 13.5. The van der Waals surface area contributed by atoms with Gasteiger partial charge >= 0.3 is 5.97 Å². The third-order valence-corrected chi connectivity index (χ3v) is 2.45. The van der Waals surface area contributed by atoms with E-state index in [0.717, 1.165) is 11.1 Å². The molecule has 0 bridgehead atoms.